The Bertz CT molecular complexity index is 693. The van der Waals surface area contributed by atoms with Crippen molar-refractivity contribution in [2.24, 2.45) is 17.1 Å². The molecule has 1 aliphatic carbocycles. The van der Waals surface area contributed by atoms with Gasteiger partial charge in [0.05, 0.1) is 11.6 Å². The molecule has 0 radical (unpaired) electrons. The molecule has 1 fully saturated rings. The minimum atomic E-state index is -4.76. The van der Waals surface area contributed by atoms with Crippen LogP contribution in [-0.2, 0) is 17.8 Å². The number of rotatable bonds is 3. The van der Waals surface area contributed by atoms with E-state index < -0.39 is 11.8 Å². The van der Waals surface area contributed by atoms with Crippen LogP contribution in [0.3, 0.4) is 0 Å². The zero-order valence-electron chi connectivity index (χ0n) is 15.0. The number of halogens is 3. The van der Waals surface area contributed by atoms with E-state index >= 15 is 0 Å². The van der Waals surface area contributed by atoms with Gasteiger partial charge in [0.25, 0.3) is 0 Å². The van der Waals surface area contributed by atoms with E-state index in [-0.39, 0.29) is 30.2 Å². The van der Waals surface area contributed by atoms with Crippen LogP contribution in [0.25, 0.3) is 0 Å². The highest BCUT2D eigenvalue weighted by atomic mass is 19.4. The van der Waals surface area contributed by atoms with E-state index in [1.807, 2.05) is 13.8 Å². The molecule has 2 aliphatic rings. The molecule has 1 aromatic rings. The van der Waals surface area contributed by atoms with Crippen molar-refractivity contribution < 1.29 is 22.7 Å². The van der Waals surface area contributed by atoms with Crippen LogP contribution in [-0.4, -0.2) is 34.7 Å². The van der Waals surface area contributed by atoms with Crippen molar-refractivity contribution in [2.45, 2.75) is 58.5 Å². The first-order valence-electron chi connectivity index (χ1n) is 8.89. The Hall–Kier alpha value is -1.83. The van der Waals surface area contributed by atoms with Crippen molar-refractivity contribution in [1.29, 1.82) is 0 Å². The van der Waals surface area contributed by atoms with Gasteiger partial charge < -0.3 is 15.4 Å². The van der Waals surface area contributed by atoms with E-state index in [0.717, 1.165) is 19.0 Å². The number of alkyl halides is 3. The number of hydrogen-bond donors (Lipinski definition) is 1. The Morgan fingerprint density at radius 2 is 2.19 bits per heavy atom. The Morgan fingerprint density at radius 3 is 2.77 bits per heavy atom. The Labute approximate surface area is 150 Å². The van der Waals surface area contributed by atoms with E-state index in [1.54, 1.807) is 4.90 Å². The summed E-state index contributed by atoms with van der Waals surface area (Å²) in [6.07, 6.45) is -0.934. The maximum atomic E-state index is 13.3. The lowest BCUT2D eigenvalue weighted by Crippen LogP contribution is -2.48. The number of nitrogens with two attached hydrogens (primary N) is 1. The lowest BCUT2D eigenvalue weighted by atomic mass is 9.74. The van der Waals surface area contributed by atoms with Crippen LogP contribution in [0.4, 0.5) is 13.2 Å². The summed E-state index contributed by atoms with van der Waals surface area (Å²) >= 11 is 0. The van der Waals surface area contributed by atoms with Gasteiger partial charge >= 0.3 is 6.36 Å². The first kappa shape index (κ1) is 18.9. The summed E-state index contributed by atoms with van der Waals surface area (Å²) in [4.78, 5) is 19.1. The van der Waals surface area contributed by atoms with Gasteiger partial charge in [-0.1, -0.05) is 13.8 Å². The summed E-state index contributed by atoms with van der Waals surface area (Å²) in [5, 5.41) is 0. The average molecular weight is 371 g/mol. The molecule has 1 saturated carbocycles. The van der Waals surface area contributed by atoms with Crippen LogP contribution >= 0.6 is 0 Å². The molecule has 0 aromatic carbocycles. The summed E-state index contributed by atoms with van der Waals surface area (Å²) in [6.45, 7) is 4.83. The zero-order chi connectivity index (χ0) is 19.1. The van der Waals surface area contributed by atoms with Crippen molar-refractivity contribution in [3.05, 3.63) is 23.5 Å². The molecule has 0 spiro atoms. The van der Waals surface area contributed by atoms with Crippen molar-refractivity contribution in [1.82, 2.24) is 9.88 Å². The number of amides is 1. The van der Waals surface area contributed by atoms with Gasteiger partial charge in [-0.3, -0.25) is 9.78 Å². The molecule has 1 amide bonds. The fourth-order valence-electron chi connectivity index (χ4n) is 4.16. The summed E-state index contributed by atoms with van der Waals surface area (Å²) in [5.41, 5.74) is 6.90. The standard InChI is InChI=1S/C18H24F3N3O2/c1-11(2)17(5-3-13(22)8-17)16(25)24-6-4-15-12(10-24)7-14(9-23-15)26-18(19,20)21/h7,9,11,13H,3-6,8,10,22H2,1-2H3/t13-,17+/m1/s1. The largest absolute Gasteiger partial charge is 0.573 e. The number of nitrogens with zero attached hydrogens (tertiary/aromatic N) is 2. The maximum Gasteiger partial charge on any atom is 0.573 e. The minimum absolute atomic E-state index is 0.0203. The number of carbonyl (C=O) groups is 1. The van der Waals surface area contributed by atoms with Crippen molar-refractivity contribution >= 4 is 5.91 Å². The molecule has 1 aliphatic heterocycles. The molecule has 1 aromatic heterocycles. The van der Waals surface area contributed by atoms with Gasteiger partial charge in [-0.25, -0.2) is 0 Å². The summed E-state index contributed by atoms with van der Waals surface area (Å²) < 4.78 is 41.2. The summed E-state index contributed by atoms with van der Waals surface area (Å²) in [6, 6.07) is 1.35. The lowest BCUT2D eigenvalue weighted by molar-refractivity contribution is -0.274. The molecule has 144 valence electrons. The van der Waals surface area contributed by atoms with Crippen molar-refractivity contribution in [3.8, 4) is 5.75 Å². The number of pyridine rings is 1. The molecule has 0 unspecified atom stereocenters. The van der Waals surface area contributed by atoms with E-state index in [9.17, 15) is 18.0 Å². The highest BCUT2D eigenvalue weighted by molar-refractivity contribution is 5.83. The van der Waals surface area contributed by atoms with Crippen LogP contribution in [0.15, 0.2) is 12.3 Å². The van der Waals surface area contributed by atoms with E-state index in [0.29, 0.717) is 30.6 Å². The lowest BCUT2D eigenvalue weighted by Gasteiger charge is -2.39. The second kappa shape index (κ2) is 6.72. The normalized spacial score (nSPS) is 26.1. The maximum absolute atomic E-state index is 13.3. The highest BCUT2D eigenvalue weighted by Crippen LogP contribution is 2.45. The van der Waals surface area contributed by atoms with Crippen LogP contribution in [0.1, 0.15) is 44.4 Å². The number of aromatic nitrogens is 1. The first-order valence-corrected chi connectivity index (χ1v) is 8.89. The molecule has 26 heavy (non-hydrogen) atoms. The third kappa shape index (κ3) is 3.65. The van der Waals surface area contributed by atoms with E-state index in [4.69, 9.17) is 5.73 Å². The van der Waals surface area contributed by atoms with Gasteiger partial charge in [0.15, 0.2) is 0 Å². The molecular formula is C18H24F3N3O2. The highest BCUT2D eigenvalue weighted by Gasteiger charge is 2.48. The van der Waals surface area contributed by atoms with Crippen LogP contribution in [0.2, 0.25) is 0 Å². The molecule has 0 saturated heterocycles. The summed E-state index contributed by atoms with van der Waals surface area (Å²) in [5.74, 6) is -0.150. The minimum Gasteiger partial charge on any atom is -0.404 e. The fourth-order valence-corrected chi connectivity index (χ4v) is 4.16. The van der Waals surface area contributed by atoms with Crippen molar-refractivity contribution in [2.75, 3.05) is 6.54 Å². The van der Waals surface area contributed by atoms with Gasteiger partial charge in [0.1, 0.15) is 5.75 Å². The SMILES string of the molecule is CC(C)[C@]1(C(=O)N2CCc3ncc(OC(F)(F)F)cc3C2)CC[C@@H](N)C1. The predicted octanol–water partition coefficient (Wildman–Crippen LogP) is 3.02. The number of hydrogen-bond acceptors (Lipinski definition) is 4. The molecular weight excluding hydrogens is 347 g/mol. The monoisotopic (exact) mass is 371 g/mol. The molecule has 0 bridgehead atoms. The third-order valence-electron chi connectivity index (χ3n) is 5.65. The number of ether oxygens (including phenoxy) is 1. The smallest absolute Gasteiger partial charge is 0.404 e. The van der Waals surface area contributed by atoms with Crippen molar-refractivity contribution in [3.63, 3.8) is 0 Å². The van der Waals surface area contributed by atoms with E-state index in [2.05, 4.69) is 9.72 Å². The Morgan fingerprint density at radius 1 is 1.46 bits per heavy atom. The Balaban J connectivity index is 1.80. The van der Waals surface area contributed by atoms with E-state index in [1.165, 1.54) is 6.07 Å². The molecule has 2 atom stereocenters. The average Bonchev–Trinajstić information content (AvgIpc) is 2.95. The van der Waals surface area contributed by atoms with Gasteiger partial charge in [0, 0.05) is 31.2 Å². The first-order chi connectivity index (χ1) is 12.1. The van der Waals surface area contributed by atoms with Gasteiger partial charge in [0.2, 0.25) is 5.91 Å². The topological polar surface area (TPSA) is 68.5 Å². The number of carbonyl (C=O) groups excluding carboxylic acids is 1. The number of fused-ring (bicyclic) bond motifs is 1. The Kier molecular flexibility index (Phi) is 4.90. The molecule has 8 heteroatoms. The molecule has 3 rings (SSSR count). The second-order valence-corrected chi connectivity index (χ2v) is 7.62. The zero-order valence-corrected chi connectivity index (χ0v) is 15.0. The van der Waals surface area contributed by atoms with Gasteiger partial charge in [-0.2, -0.15) is 0 Å². The predicted molar refractivity (Wildman–Crippen MR) is 89.1 cm³/mol. The summed E-state index contributed by atoms with van der Waals surface area (Å²) in [7, 11) is 0. The van der Waals surface area contributed by atoms with Crippen LogP contribution in [0.5, 0.6) is 5.75 Å². The molecule has 2 heterocycles. The fraction of sp³-hybridized carbons (Fsp3) is 0.667. The molecule has 2 N–H and O–H groups in total. The van der Waals surface area contributed by atoms with Gasteiger partial charge in [-0.15, -0.1) is 13.2 Å². The second-order valence-electron chi connectivity index (χ2n) is 7.62. The molecule has 5 nitrogen and oxygen atoms in total. The quantitative estimate of drug-likeness (QED) is 0.887. The van der Waals surface area contributed by atoms with Crippen LogP contribution in [0, 0.1) is 11.3 Å². The third-order valence-corrected chi connectivity index (χ3v) is 5.65. The van der Waals surface area contributed by atoms with Gasteiger partial charge in [-0.05, 0) is 36.8 Å². The van der Waals surface area contributed by atoms with Crippen LogP contribution < -0.4 is 10.5 Å².